The quantitative estimate of drug-likeness (QED) is 0.566. The molecule has 1 aliphatic rings. The molecule has 150 valence electrons. The van der Waals surface area contributed by atoms with Gasteiger partial charge in [0.1, 0.15) is 11.5 Å². The predicted octanol–water partition coefficient (Wildman–Crippen LogP) is 5.73. The standard InChI is InChI=1S/C24H25NO3S/c1-17-10-11-22(29-17)23(25-14-12-18(13-15-25)24(26)27)19-6-5-9-21(16-19)28-20-7-3-2-4-8-20/h2-11,16,18,23H,12-15H2,1H3,(H,26,27). The first-order valence-electron chi connectivity index (χ1n) is 9.96. The monoisotopic (exact) mass is 407 g/mol. The number of rotatable bonds is 6. The van der Waals surface area contributed by atoms with Crippen LogP contribution < -0.4 is 4.74 Å². The lowest BCUT2D eigenvalue weighted by Crippen LogP contribution is -2.39. The molecule has 1 atom stereocenters. The van der Waals surface area contributed by atoms with E-state index in [1.165, 1.54) is 15.3 Å². The third-order valence-corrected chi connectivity index (χ3v) is 6.48. The average Bonchev–Trinajstić information content (AvgIpc) is 3.15. The number of para-hydroxylation sites is 1. The minimum Gasteiger partial charge on any atom is -0.481 e. The fourth-order valence-corrected chi connectivity index (χ4v) is 4.97. The van der Waals surface area contributed by atoms with Gasteiger partial charge in [-0.3, -0.25) is 9.69 Å². The van der Waals surface area contributed by atoms with Crippen molar-refractivity contribution in [3.05, 3.63) is 82.0 Å². The van der Waals surface area contributed by atoms with Crippen LogP contribution in [0.1, 0.15) is 34.2 Å². The molecule has 1 aliphatic heterocycles. The lowest BCUT2D eigenvalue weighted by molar-refractivity contribution is -0.143. The molecular weight excluding hydrogens is 382 g/mol. The molecule has 2 heterocycles. The summed E-state index contributed by atoms with van der Waals surface area (Å²) in [5.41, 5.74) is 1.18. The van der Waals surface area contributed by atoms with E-state index in [-0.39, 0.29) is 12.0 Å². The average molecular weight is 408 g/mol. The zero-order chi connectivity index (χ0) is 20.2. The molecular formula is C24H25NO3S. The molecule has 0 bridgehead atoms. The summed E-state index contributed by atoms with van der Waals surface area (Å²) in [6, 6.07) is 22.5. The van der Waals surface area contributed by atoms with Crippen LogP contribution in [0.15, 0.2) is 66.7 Å². The summed E-state index contributed by atoms with van der Waals surface area (Å²) in [4.78, 5) is 16.3. The van der Waals surface area contributed by atoms with Gasteiger partial charge >= 0.3 is 5.97 Å². The lowest BCUT2D eigenvalue weighted by atomic mass is 9.93. The normalized spacial score (nSPS) is 16.4. The van der Waals surface area contributed by atoms with Gasteiger partial charge in [-0.2, -0.15) is 0 Å². The topological polar surface area (TPSA) is 49.8 Å². The molecule has 1 aromatic heterocycles. The molecule has 1 unspecified atom stereocenters. The second-order valence-electron chi connectivity index (χ2n) is 7.49. The minimum atomic E-state index is -0.675. The number of hydrogen-bond donors (Lipinski definition) is 1. The number of hydrogen-bond acceptors (Lipinski definition) is 4. The van der Waals surface area contributed by atoms with Crippen LogP contribution in [0.25, 0.3) is 0 Å². The third-order valence-electron chi connectivity index (χ3n) is 5.43. The first-order valence-corrected chi connectivity index (χ1v) is 10.8. The van der Waals surface area contributed by atoms with Crippen molar-refractivity contribution in [3.63, 3.8) is 0 Å². The summed E-state index contributed by atoms with van der Waals surface area (Å²) in [5.74, 6) is 0.721. The van der Waals surface area contributed by atoms with Crippen LogP contribution in [0.4, 0.5) is 0 Å². The maximum Gasteiger partial charge on any atom is 0.306 e. The van der Waals surface area contributed by atoms with E-state index in [1.54, 1.807) is 11.3 Å². The SMILES string of the molecule is Cc1ccc(C(c2cccc(Oc3ccccc3)c2)N2CCC(C(=O)O)CC2)s1. The Morgan fingerprint density at radius 1 is 1.03 bits per heavy atom. The first kappa shape index (κ1) is 19.7. The highest BCUT2D eigenvalue weighted by atomic mass is 32.1. The van der Waals surface area contributed by atoms with Crippen molar-refractivity contribution >= 4 is 17.3 Å². The van der Waals surface area contributed by atoms with Crippen molar-refractivity contribution in [2.75, 3.05) is 13.1 Å². The summed E-state index contributed by atoms with van der Waals surface area (Å²) in [5, 5.41) is 9.34. The van der Waals surface area contributed by atoms with Crippen molar-refractivity contribution < 1.29 is 14.6 Å². The van der Waals surface area contributed by atoms with E-state index in [4.69, 9.17) is 4.74 Å². The molecule has 4 nitrogen and oxygen atoms in total. The Morgan fingerprint density at radius 2 is 1.76 bits per heavy atom. The molecule has 4 rings (SSSR count). The summed E-state index contributed by atoms with van der Waals surface area (Å²) in [6.07, 6.45) is 1.38. The Morgan fingerprint density at radius 3 is 2.41 bits per heavy atom. The summed E-state index contributed by atoms with van der Waals surface area (Å²) >= 11 is 1.80. The number of ether oxygens (including phenoxy) is 1. The summed E-state index contributed by atoms with van der Waals surface area (Å²) < 4.78 is 6.05. The van der Waals surface area contributed by atoms with Crippen molar-refractivity contribution in [2.45, 2.75) is 25.8 Å². The second-order valence-corrected chi connectivity index (χ2v) is 8.81. The van der Waals surface area contributed by atoms with E-state index in [0.29, 0.717) is 12.8 Å². The van der Waals surface area contributed by atoms with Crippen LogP contribution in [-0.4, -0.2) is 29.1 Å². The highest BCUT2D eigenvalue weighted by Crippen LogP contribution is 2.37. The number of carbonyl (C=O) groups is 1. The Labute approximate surface area is 175 Å². The molecule has 0 radical (unpaired) electrons. The van der Waals surface area contributed by atoms with E-state index < -0.39 is 5.97 Å². The van der Waals surface area contributed by atoms with Crippen LogP contribution >= 0.6 is 11.3 Å². The highest BCUT2D eigenvalue weighted by Gasteiger charge is 2.31. The Kier molecular flexibility index (Phi) is 5.97. The van der Waals surface area contributed by atoms with Gasteiger partial charge in [-0.05, 0) is 74.8 Å². The van der Waals surface area contributed by atoms with Gasteiger partial charge in [0, 0.05) is 9.75 Å². The van der Waals surface area contributed by atoms with Gasteiger partial charge in [0.25, 0.3) is 0 Å². The van der Waals surface area contributed by atoms with Gasteiger partial charge in [0.15, 0.2) is 0 Å². The zero-order valence-corrected chi connectivity index (χ0v) is 17.3. The Bertz CT molecular complexity index is 961. The summed E-state index contributed by atoms with van der Waals surface area (Å²) in [6.45, 7) is 3.68. The van der Waals surface area contributed by atoms with Gasteiger partial charge in [0.05, 0.1) is 12.0 Å². The zero-order valence-electron chi connectivity index (χ0n) is 16.5. The van der Waals surface area contributed by atoms with Crippen molar-refractivity contribution in [3.8, 4) is 11.5 Å². The van der Waals surface area contributed by atoms with Crippen LogP contribution in [0.2, 0.25) is 0 Å². The number of nitrogens with zero attached hydrogens (tertiary/aromatic N) is 1. The van der Waals surface area contributed by atoms with Gasteiger partial charge < -0.3 is 9.84 Å². The number of likely N-dealkylation sites (tertiary alicyclic amines) is 1. The van der Waals surface area contributed by atoms with Crippen LogP contribution in [0.5, 0.6) is 11.5 Å². The van der Waals surface area contributed by atoms with E-state index in [2.05, 4.69) is 36.1 Å². The molecule has 0 amide bonds. The number of aliphatic carboxylic acids is 1. The molecule has 0 saturated carbocycles. The maximum atomic E-state index is 11.4. The van der Waals surface area contributed by atoms with Gasteiger partial charge in [-0.25, -0.2) is 0 Å². The molecule has 2 aromatic carbocycles. The van der Waals surface area contributed by atoms with E-state index >= 15 is 0 Å². The van der Waals surface area contributed by atoms with E-state index in [9.17, 15) is 9.90 Å². The van der Waals surface area contributed by atoms with Crippen molar-refractivity contribution in [1.29, 1.82) is 0 Å². The Hall–Kier alpha value is -2.63. The van der Waals surface area contributed by atoms with E-state index in [1.807, 2.05) is 42.5 Å². The van der Waals surface area contributed by atoms with Crippen molar-refractivity contribution in [1.82, 2.24) is 4.90 Å². The number of aryl methyl sites for hydroxylation is 1. The highest BCUT2D eigenvalue weighted by molar-refractivity contribution is 7.12. The summed E-state index contributed by atoms with van der Waals surface area (Å²) in [7, 11) is 0. The number of carboxylic acids is 1. The van der Waals surface area contributed by atoms with E-state index in [0.717, 1.165) is 24.6 Å². The van der Waals surface area contributed by atoms with Crippen LogP contribution in [0.3, 0.4) is 0 Å². The fourth-order valence-electron chi connectivity index (χ4n) is 3.93. The molecule has 1 saturated heterocycles. The van der Waals surface area contributed by atoms with Gasteiger partial charge in [-0.1, -0.05) is 30.3 Å². The molecule has 29 heavy (non-hydrogen) atoms. The molecule has 3 aromatic rings. The molecule has 5 heteroatoms. The maximum absolute atomic E-state index is 11.4. The van der Waals surface area contributed by atoms with Crippen LogP contribution in [-0.2, 0) is 4.79 Å². The number of piperidine rings is 1. The predicted molar refractivity (Wildman–Crippen MR) is 116 cm³/mol. The van der Waals surface area contributed by atoms with Crippen LogP contribution in [0, 0.1) is 12.8 Å². The second kappa shape index (κ2) is 8.80. The van der Waals surface area contributed by atoms with Crippen molar-refractivity contribution in [2.24, 2.45) is 5.92 Å². The smallest absolute Gasteiger partial charge is 0.306 e. The third kappa shape index (κ3) is 4.69. The molecule has 1 N–H and O–H groups in total. The largest absolute Gasteiger partial charge is 0.481 e. The number of carboxylic acid groups (broad SMARTS) is 1. The molecule has 0 aliphatic carbocycles. The lowest BCUT2D eigenvalue weighted by Gasteiger charge is -2.36. The number of benzene rings is 2. The fraction of sp³-hybridized carbons (Fsp3) is 0.292. The Balaban J connectivity index is 1.62. The van der Waals surface area contributed by atoms with Gasteiger partial charge in [-0.15, -0.1) is 11.3 Å². The number of thiophene rings is 1. The minimum absolute atomic E-state index is 0.114. The first-order chi connectivity index (χ1) is 14.1. The van der Waals surface area contributed by atoms with Gasteiger partial charge in [0.2, 0.25) is 0 Å². The molecule has 1 fully saturated rings. The molecule has 0 spiro atoms.